The average molecular weight is 360 g/mol. The summed E-state index contributed by atoms with van der Waals surface area (Å²) in [5, 5.41) is 4.14. The van der Waals surface area contributed by atoms with Crippen LogP contribution in [0.15, 0.2) is 54.6 Å². The molecule has 0 aliphatic heterocycles. The molecule has 4 nitrogen and oxygen atoms in total. The number of hydrogen-bond donors (Lipinski definition) is 2. The third-order valence-electron chi connectivity index (χ3n) is 5.61. The zero-order valence-electron chi connectivity index (χ0n) is 15.5. The molecule has 4 rings (SSSR count). The van der Waals surface area contributed by atoms with Crippen LogP contribution in [0.2, 0.25) is 0 Å². The molecule has 0 radical (unpaired) electrons. The fourth-order valence-electron chi connectivity index (χ4n) is 4.16. The number of ketones is 1. The number of aromatic nitrogens is 1. The molecule has 3 aromatic rings. The first-order valence-corrected chi connectivity index (χ1v) is 9.61. The van der Waals surface area contributed by atoms with E-state index >= 15 is 0 Å². The van der Waals surface area contributed by atoms with E-state index in [-0.39, 0.29) is 23.7 Å². The molecular formula is C23H24N2O2. The maximum atomic E-state index is 12.8. The second-order valence-corrected chi connectivity index (χ2v) is 7.42. The van der Waals surface area contributed by atoms with Crippen molar-refractivity contribution < 1.29 is 9.59 Å². The van der Waals surface area contributed by atoms with E-state index in [4.69, 9.17) is 0 Å². The minimum Gasteiger partial charge on any atom is -0.358 e. The Kier molecular flexibility index (Phi) is 4.80. The van der Waals surface area contributed by atoms with Crippen LogP contribution >= 0.6 is 0 Å². The van der Waals surface area contributed by atoms with Crippen LogP contribution < -0.4 is 5.32 Å². The van der Waals surface area contributed by atoms with Gasteiger partial charge in [-0.05, 0) is 38.7 Å². The van der Waals surface area contributed by atoms with Gasteiger partial charge < -0.3 is 10.3 Å². The molecule has 0 atom stereocenters. The minimum absolute atomic E-state index is 0.0252. The zero-order chi connectivity index (χ0) is 18.8. The van der Waals surface area contributed by atoms with Gasteiger partial charge >= 0.3 is 0 Å². The molecule has 1 fully saturated rings. The number of aryl methyl sites for hydroxylation is 1. The molecule has 0 bridgehead atoms. The normalized spacial score (nSPS) is 19.7. The van der Waals surface area contributed by atoms with Gasteiger partial charge in [0.1, 0.15) is 0 Å². The molecule has 0 unspecified atom stereocenters. The summed E-state index contributed by atoms with van der Waals surface area (Å²) in [7, 11) is 0. The van der Waals surface area contributed by atoms with Crippen LogP contribution in [-0.2, 0) is 0 Å². The van der Waals surface area contributed by atoms with Crippen molar-refractivity contribution in [3.8, 4) is 0 Å². The smallest absolute Gasteiger partial charge is 0.253 e. The Bertz CT molecular complexity index is 966. The molecule has 27 heavy (non-hydrogen) atoms. The Morgan fingerprint density at radius 2 is 1.59 bits per heavy atom. The van der Waals surface area contributed by atoms with Gasteiger partial charge in [0, 0.05) is 34.1 Å². The van der Waals surface area contributed by atoms with Crippen LogP contribution in [0.25, 0.3) is 10.9 Å². The maximum Gasteiger partial charge on any atom is 0.253 e. The van der Waals surface area contributed by atoms with E-state index in [0.717, 1.165) is 53.4 Å². The number of rotatable bonds is 4. The van der Waals surface area contributed by atoms with Crippen molar-refractivity contribution >= 4 is 22.6 Å². The Balaban J connectivity index is 1.40. The second-order valence-electron chi connectivity index (χ2n) is 7.42. The van der Waals surface area contributed by atoms with Crippen molar-refractivity contribution in [1.82, 2.24) is 10.3 Å². The Morgan fingerprint density at radius 3 is 2.33 bits per heavy atom. The van der Waals surface area contributed by atoms with Gasteiger partial charge in [0.05, 0.1) is 5.56 Å². The fraction of sp³-hybridized carbons (Fsp3) is 0.304. The second kappa shape index (κ2) is 7.39. The summed E-state index contributed by atoms with van der Waals surface area (Å²) < 4.78 is 0. The number of H-pyrrole nitrogens is 1. The lowest BCUT2D eigenvalue weighted by molar-refractivity contribution is 0.0862. The highest BCUT2D eigenvalue weighted by atomic mass is 16.1. The first-order valence-electron chi connectivity index (χ1n) is 9.61. The Hall–Kier alpha value is -2.88. The Morgan fingerprint density at radius 1 is 0.926 bits per heavy atom. The van der Waals surface area contributed by atoms with Gasteiger partial charge in [0.2, 0.25) is 0 Å². The van der Waals surface area contributed by atoms with Gasteiger partial charge in [-0.2, -0.15) is 0 Å². The van der Waals surface area contributed by atoms with Crippen LogP contribution in [0.4, 0.5) is 0 Å². The van der Waals surface area contributed by atoms with Crippen LogP contribution in [0, 0.1) is 12.8 Å². The molecule has 0 spiro atoms. The van der Waals surface area contributed by atoms with Gasteiger partial charge in [0.25, 0.3) is 5.91 Å². The fourth-order valence-corrected chi connectivity index (χ4v) is 4.16. The quantitative estimate of drug-likeness (QED) is 0.665. The molecule has 138 valence electrons. The third kappa shape index (κ3) is 3.52. The van der Waals surface area contributed by atoms with Crippen LogP contribution in [-0.4, -0.2) is 22.7 Å². The predicted molar refractivity (Wildman–Crippen MR) is 107 cm³/mol. The van der Waals surface area contributed by atoms with Crippen LogP contribution in [0.5, 0.6) is 0 Å². The highest BCUT2D eigenvalue weighted by Crippen LogP contribution is 2.28. The lowest BCUT2D eigenvalue weighted by Crippen LogP contribution is -2.38. The standard InChI is InChI=1S/C23H24N2O2/c1-15-21(19-9-5-6-10-20(19)24-15)23(27)25-18-13-11-17(12-14-18)22(26)16-7-3-2-4-8-16/h2-10,17-18,24H,11-14H2,1H3,(H,25,27). The summed E-state index contributed by atoms with van der Waals surface area (Å²) in [5.41, 5.74) is 3.39. The van der Waals surface area contributed by atoms with Crippen molar-refractivity contribution in [2.24, 2.45) is 5.92 Å². The molecule has 4 heteroatoms. The van der Waals surface area contributed by atoms with E-state index in [2.05, 4.69) is 10.3 Å². The number of fused-ring (bicyclic) bond motifs is 1. The van der Waals surface area contributed by atoms with Crippen molar-refractivity contribution in [3.05, 3.63) is 71.4 Å². The number of carbonyl (C=O) groups excluding carboxylic acids is 2. The van der Waals surface area contributed by atoms with Gasteiger partial charge in [-0.3, -0.25) is 9.59 Å². The van der Waals surface area contributed by atoms with E-state index in [1.807, 2.05) is 61.5 Å². The summed E-state index contributed by atoms with van der Waals surface area (Å²) in [6.07, 6.45) is 3.34. The number of aromatic amines is 1. The lowest BCUT2D eigenvalue weighted by Gasteiger charge is -2.28. The van der Waals surface area contributed by atoms with E-state index < -0.39 is 0 Å². The summed E-state index contributed by atoms with van der Waals surface area (Å²) in [6, 6.07) is 17.5. The van der Waals surface area contributed by atoms with Crippen molar-refractivity contribution in [2.75, 3.05) is 0 Å². The summed E-state index contributed by atoms with van der Waals surface area (Å²) in [6.45, 7) is 1.93. The van der Waals surface area contributed by atoms with E-state index in [0.29, 0.717) is 0 Å². The molecule has 1 aliphatic rings. The number of benzene rings is 2. The van der Waals surface area contributed by atoms with E-state index in [1.54, 1.807) is 0 Å². The molecule has 1 aromatic heterocycles. The van der Waals surface area contributed by atoms with Crippen molar-refractivity contribution in [2.45, 2.75) is 38.6 Å². The molecule has 0 saturated heterocycles. The summed E-state index contributed by atoms with van der Waals surface area (Å²) >= 11 is 0. The monoisotopic (exact) mass is 360 g/mol. The summed E-state index contributed by atoms with van der Waals surface area (Å²) in [4.78, 5) is 28.7. The number of nitrogens with one attached hydrogen (secondary N) is 2. The predicted octanol–water partition coefficient (Wildman–Crippen LogP) is 4.65. The number of para-hydroxylation sites is 1. The van der Waals surface area contributed by atoms with Gasteiger partial charge in [-0.15, -0.1) is 0 Å². The first-order chi connectivity index (χ1) is 13.1. The molecule has 1 aliphatic carbocycles. The van der Waals surface area contributed by atoms with Gasteiger partial charge in [0.15, 0.2) is 5.78 Å². The zero-order valence-corrected chi connectivity index (χ0v) is 15.5. The van der Waals surface area contributed by atoms with E-state index in [1.165, 1.54) is 0 Å². The van der Waals surface area contributed by atoms with Crippen LogP contribution in [0.3, 0.4) is 0 Å². The molecular weight excluding hydrogens is 336 g/mol. The van der Waals surface area contributed by atoms with Crippen molar-refractivity contribution in [3.63, 3.8) is 0 Å². The van der Waals surface area contributed by atoms with Gasteiger partial charge in [-0.25, -0.2) is 0 Å². The highest BCUT2D eigenvalue weighted by molar-refractivity contribution is 6.08. The third-order valence-corrected chi connectivity index (χ3v) is 5.61. The Labute approximate surface area is 159 Å². The van der Waals surface area contributed by atoms with Crippen molar-refractivity contribution in [1.29, 1.82) is 0 Å². The van der Waals surface area contributed by atoms with Crippen LogP contribution in [0.1, 0.15) is 52.1 Å². The minimum atomic E-state index is -0.0252. The van der Waals surface area contributed by atoms with Gasteiger partial charge in [-0.1, -0.05) is 48.5 Å². The SMILES string of the molecule is Cc1[nH]c2ccccc2c1C(=O)NC1CCC(C(=O)c2ccccc2)CC1. The molecule has 2 N–H and O–H groups in total. The van der Waals surface area contributed by atoms with E-state index in [9.17, 15) is 9.59 Å². The number of hydrogen-bond acceptors (Lipinski definition) is 2. The topological polar surface area (TPSA) is 62.0 Å². The molecule has 2 aromatic carbocycles. The maximum absolute atomic E-state index is 12.8. The molecule has 1 saturated carbocycles. The number of carbonyl (C=O) groups is 2. The largest absolute Gasteiger partial charge is 0.358 e. The lowest BCUT2D eigenvalue weighted by atomic mass is 9.81. The highest BCUT2D eigenvalue weighted by Gasteiger charge is 2.28. The number of Topliss-reactive ketones (excluding diaryl/α,β-unsaturated/α-hetero) is 1. The number of amides is 1. The molecule has 1 amide bonds. The average Bonchev–Trinajstić information content (AvgIpc) is 3.04. The molecule has 1 heterocycles. The summed E-state index contributed by atoms with van der Waals surface area (Å²) in [5.74, 6) is 0.269. The first kappa shape index (κ1) is 17.5.